The fraction of sp³-hybridized carbons (Fsp3) is 0.435. The van der Waals surface area contributed by atoms with Gasteiger partial charge in [-0.2, -0.15) is 0 Å². The maximum absolute atomic E-state index is 12.5. The van der Waals surface area contributed by atoms with Crippen LogP contribution in [0.4, 0.5) is 4.79 Å². The number of fused-ring (bicyclic) bond motifs is 1. The molecule has 0 bridgehead atoms. The number of ether oxygens (including phenoxy) is 2. The molecule has 0 aliphatic carbocycles. The third-order valence-corrected chi connectivity index (χ3v) is 5.64. The van der Waals surface area contributed by atoms with Gasteiger partial charge >= 0.3 is 6.09 Å². The van der Waals surface area contributed by atoms with E-state index in [1.165, 1.54) is 11.9 Å². The average Bonchev–Trinajstić information content (AvgIpc) is 3.07. The van der Waals surface area contributed by atoms with Crippen LogP contribution in [0.3, 0.4) is 0 Å². The highest BCUT2D eigenvalue weighted by molar-refractivity contribution is 7.97. The first kappa shape index (κ1) is 23.1. The van der Waals surface area contributed by atoms with Crippen LogP contribution in [0.5, 0.6) is 0 Å². The molecule has 0 atom stereocenters. The van der Waals surface area contributed by atoms with E-state index in [-0.39, 0.29) is 6.09 Å². The number of amides is 1. The molecular weight excluding hydrogens is 412 g/mol. The minimum atomic E-state index is -0.336. The zero-order valence-electron chi connectivity index (χ0n) is 18.6. The lowest BCUT2D eigenvalue weighted by atomic mass is 10.2. The molecule has 0 saturated heterocycles. The van der Waals surface area contributed by atoms with Gasteiger partial charge < -0.3 is 14.0 Å². The lowest BCUT2D eigenvalue weighted by Crippen LogP contribution is -2.29. The van der Waals surface area contributed by atoms with E-state index in [1.54, 1.807) is 16.7 Å². The van der Waals surface area contributed by atoms with Gasteiger partial charge in [0.05, 0.1) is 31.5 Å². The van der Waals surface area contributed by atoms with Gasteiger partial charge in [-0.25, -0.2) is 14.1 Å². The van der Waals surface area contributed by atoms with Gasteiger partial charge in [-0.15, -0.1) is 0 Å². The minimum Gasteiger partial charge on any atom is -0.449 e. The van der Waals surface area contributed by atoms with Gasteiger partial charge in [0, 0.05) is 24.2 Å². The Kier molecular flexibility index (Phi) is 8.31. The maximum atomic E-state index is 12.5. The molecule has 8 heteroatoms. The number of aryl methyl sites for hydroxylation is 1. The monoisotopic (exact) mass is 442 g/mol. The number of benzene rings is 1. The summed E-state index contributed by atoms with van der Waals surface area (Å²) in [5.41, 5.74) is 3.13. The summed E-state index contributed by atoms with van der Waals surface area (Å²) in [6.45, 7) is 10.7. The summed E-state index contributed by atoms with van der Waals surface area (Å²) in [4.78, 5) is 22.2. The van der Waals surface area contributed by atoms with Crippen LogP contribution in [0.2, 0.25) is 0 Å². The van der Waals surface area contributed by atoms with Crippen molar-refractivity contribution in [3.05, 3.63) is 54.1 Å². The summed E-state index contributed by atoms with van der Waals surface area (Å²) in [6, 6.07) is 10.2. The third-order valence-electron chi connectivity index (χ3n) is 4.61. The highest BCUT2D eigenvalue weighted by Crippen LogP contribution is 2.25. The average molecular weight is 443 g/mol. The lowest BCUT2D eigenvalue weighted by Gasteiger charge is -2.21. The van der Waals surface area contributed by atoms with Crippen molar-refractivity contribution in [2.45, 2.75) is 39.1 Å². The summed E-state index contributed by atoms with van der Waals surface area (Å²) in [7, 11) is 0. The van der Waals surface area contributed by atoms with Gasteiger partial charge in [-0.1, -0.05) is 26.0 Å². The van der Waals surface area contributed by atoms with Crippen molar-refractivity contribution in [3.8, 4) is 0 Å². The van der Waals surface area contributed by atoms with E-state index in [4.69, 9.17) is 9.47 Å². The molecule has 166 valence electrons. The molecule has 0 N–H and O–H groups in total. The van der Waals surface area contributed by atoms with Crippen molar-refractivity contribution < 1.29 is 14.3 Å². The summed E-state index contributed by atoms with van der Waals surface area (Å²) < 4.78 is 14.6. The molecule has 3 rings (SSSR count). The van der Waals surface area contributed by atoms with Crippen LogP contribution in [-0.2, 0) is 16.0 Å². The van der Waals surface area contributed by atoms with Crippen molar-refractivity contribution >= 4 is 29.1 Å². The predicted molar refractivity (Wildman–Crippen MR) is 123 cm³/mol. The van der Waals surface area contributed by atoms with Crippen molar-refractivity contribution in [1.29, 1.82) is 0 Å². The van der Waals surface area contributed by atoms with Crippen LogP contribution in [0.1, 0.15) is 32.2 Å². The molecule has 0 aliphatic rings. The second kappa shape index (κ2) is 11.2. The topological polar surface area (TPSA) is 69.5 Å². The first-order valence-electron chi connectivity index (χ1n) is 10.5. The van der Waals surface area contributed by atoms with Gasteiger partial charge in [-0.3, -0.25) is 4.98 Å². The van der Waals surface area contributed by atoms with E-state index in [0.717, 1.165) is 33.9 Å². The zero-order valence-corrected chi connectivity index (χ0v) is 19.4. The van der Waals surface area contributed by atoms with Gasteiger partial charge in [0.1, 0.15) is 11.3 Å². The summed E-state index contributed by atoms with van der Waals surface area (Å²) in [5.74, 6) is 1.25. The Balaban J connectivity index is 1.67. The number of carbonyl (C=O) groups is 1. The fourth-order valence-electron chi connectivity index (χ4n) is 3.04. The maximum Gasteiger partial charge on any atom is 0.420 e. The minimum absolute atomic E-state index is 0.292. The van der Waals surface area contributed by atoms with E-state index in [2.05, 4.69) is 26.7 Å². The van der Waals surface area contributed by atoms with Gasteiger partial charge in [0.25, 0.3) is 0 Å². The van der Waals surface area contributed by atoms with E-state index in [1.807, 2.05) is 45.9 Å². The van der Waals surface area contributed by atoms with Crippen molar-refractivity contribution in [3.63, 3.8) is 0 Å². The van der Waals surface area contributed by atoms with Crippen LogP contribution < -0.4 is 0 Å². The molecule has 1 amide bonds. The van der Waals surface area contributed by atoms with E-state index < -0.39 is 0 Å². The molecule has 0 fully saturated rings. The Labute approximate surface area is 187 Å². The number of pyridine rings is 1. The van der Waals surface area contributed by atoms with Gasteiger partial charge in [0.2, 0.25) is 0 Å². The molecule has 3 aromatic rings. The summed E-state index contributed by atoms with van der Waals surface area (Å²) >= 11 is 1.37. The van der Waals surface area contributed by atoms with E-state index in [0.29, 0.717) is 32.3 Å². The van der Waals surface area contributed by atoms with E-state index in [9.17, 15) is 4.79 Å². The first-order valence-corrected chi connectivity index (χ1v) is 11.3. The number of rotatable bonds is 10. The fourth-order valence-corrected chi connectivity index (χ4v) is 3.85. The van der Waals surface area contributed by atoms with Crippen LogP contribution in [0.15, 0.2) is 47.6 Å². The highest BCUT2D eigenvalue weighted by atomic mass is 32.2. The molecule has 0 saturated carbocycles. The normalized spacial score (nSPS) is 11.3. The lowest BCUT2D eigenvalue weighted by molar-refractivity contribution is 0.0989. The van der Waals surface area contributed by atoms with Gasteiger partial charge in [-0.05, 0) is 55.5 Å². The number of imidazole rings is 1. The molecule has 0 spiro atoms. The van der Waals surface area contributed by atoms with E-state index >= 15 is 0 Å². The third kappa shape index (κ3) is 6.45. The molecule has 2 heterocycles. The number of hydrogen-bond acceptors (Lipinski definition) is 6. The zero-order chi connectivity index (χ0) is 22.2. The molecule has 7 nitrogen and oxygen atoms in total. The highest BCUT2D eigenvalue weighted by Gasteiger charge is 2.17. The van der Waals surface area contributed by atoms with Crippen LogP contribution in [0.25, 0.3) is 11.0 Å². The predicted octanol–water partition coefficient (Wildman–Crippen LogP) is 4.93. The summed E-state index contributed by atoms with van der Waals surface area (Å²) in [5, 5.41) is 0. The van der Waals surface area contributed by atoms with Crippen LogP contribution >= 0.6 is 11.9 Å². The summed E-state index contributed by atoms with van der Waals surface area (Å²) in [6.07, 6.45) is 3.24. The Morgan fingerprint density at radius 1 is 1.23 bits per heavy atom. The second-order valence-electron chi connectivity index (χ2n) is 7.61. The van der Waals surface area contributed by atoms with Crippen molar-refractivity contribution in [2.24, 2.45) is 5.92 Å². The molecular formula is C23H30N4O3S. The standard InChI is InChI=1S/C23H30N4O3S/c1-5-29-13-12-27(23(28)30-16-17(2)3)31-20-8-6-19(7-9-20)15-26-18(4)25-21-14-24-11-10-22(21)26/h6-11,14,17H,5,12-13,15-16H2,1-4H3. The molecule has 0 aliphatic heterocycles. The largest absolute Gasteiger partial charge is 0.449 e. The second-order valence-corrected chi connectivity index (χ2v) is 8.71. The van der Waals surface area contributed by atoms with Crippen LogP contribution in [0, 0.1) is 12.8 Å². The van der Waals surface area contributed by atoms with Crippen molar-refractivity contribution in [2.75, 3.05) is 26.4 Å². The molecule has 0 unspecified atom stereocenters. The Bertz CT molecular complexity index is 988. The smallest absolute Gasteiger partial charge is 0.420 e. The molecule has 1 aromatic carbocycles. The Morgan fingerprint density at radius 2 is 2.00 bits per heavy atom. The number of carbonyl (C=O) groups excluding carboxylic acids is 1. The first-order chi connectivity index (χ1) is 15.0. The Morgan fingerprint density at radius 3 is 2.71 bits per heavy atom. The molecule has 2 aromatic heterocycles. The number of nitrogens with zero attached hydrogens (tertiary/aromatic N) is 4. The van der Waals surface area contributed by atoms with Crippen LogP contribution in [-0.4, -0.2) is 51.3 Å². The van der Waals surface area contributed by atoms with Gasteiger partial charge in [0.15, 0.2) is 0 Å². The molecule has 31 heavy (non-hydrogen) atoms. The number of aromatic nitrogens is 3. The van der Waals surface area contributed by atoms with Crippen molar-refractivity contribution in [1.82, 2.24) is 18.8 Å². The molecule has 0 radical (unpaired) electrons. The quantitative estimate of drug-likeness (QED) is 0.328. The SMILES string of the molecule is CCOCCN(Sc1ccc(Cn2c(C)nc3cnccc32)cc1)C(=O)OCC(C)C. The number of hydrogen-bond donors (Lipinski definition) is 0. The Hall–Kier alpha value is -2.58.